The fourth-order valence-electron chi connectivity index (χ4n) is 6.25. The number of urea groups is 1. The highest BCUT2D eigenvalue weighted by molar-refractivity contribution is 7.89. The van der Waals surface area contributed by atoms with Gasteiger partial charge in [0, 0.05) is 31.2 Å². The number of aliphatic hydroxyl groups is 1. The van der Waals surface area contributed by atoms with Crippen LogP contribution in [0.5, 0.6) is 11.5 Å². The Balaban J connectivity index is 1.35. The van der Waals surface area contributed by atoms with Gasteiger partial charge in [0.15, 0.2) is 17.8 Å². The molecule has 3 aliphatic heterocycles. The van der Waals surface area contributed by atoms with Crippen molar-refractivity contribution in [3.63, 3.8) is 0 Å². The molecule has 3 heterocycles. The van der Waals surface area contributed by atoms with E-state index in [0.29, 0.717) is 30.9 Å². The van der Waals surface area contributed by atoms with Crippen molar-refractivity contribution < 1.29 is 46.8 Å². The summed E-state index contributed by atoms with van der Waals surface area (Å²) in [6, 6.07) is 12.4. The van der Waals surface area contributed by atoms with Crippen molar-refractivity contribution in [2.24, 2.45) is 11.3 Å². The van der Waals surface area contributed by atoms with Gasteiger partial charge in [-0.15, -0.1) is 0 Å². The van der Waals surface area contributed by atoms with Crippen LogP contribution in [0.25, 0.3) is 0 Å². The largest absolute Gasteiger partial charge is 0.454 e. The van der Waals surface area contributed by atoms with Crippen LogP contribution in [0.4, 0.5) is 9.59 Å². The second kappa shape index (κ2) is 15.7. The smallest absolute Gasteiger partial charge is 0.407 e. The van der Waals surface area contributed by atoms with Gasteiger partial charge < -0.3 is 44.7 Å². The standard InChI is InChI=1S/C35H50N4O10S/c1-34(2,3)38-32(41)36-15-14-35(4,5)21-39(50(43,44)24-11-12-28-29(18-24)48-22-47-28)19-27(40)26(17-23-9-7-6-8-10-23)37-33(42)49-30-20-46-31-25(30)13-16-45-31/h6-12,18,25-27,30-31,40H,13-17,19-22H2,1-5H3,(H,37,42)(H2,36,38,41)/t25-,26-,27+,30-,31+/m0/s1. The van der Waals surface area contributed by atoms with E-state index in [0.717, 1.165) is 5.56 Å². The van der Waals surface area contributed by atoms with Crippen molar-refractivity contribution in [3.05, 3.63) is 54.1 Å². The Hall–Kier alpha value is -3.63. The van der Waals surface area contributed by atoms with E-state index in [2.05, 4.69) is 16.0 Å². The van der Waals surface area contributed by atoms with Gasteiger partial charge in [0.05, 0.1) is 36.2 Å². The molecular formula is C35H50N4O10S. The van der Waals surface area contributed by atoms with Gasteiger partial charge in [-0.1, -0.05) is 44.2 Å². The van der Waals surface area contributed by atoms with E-state index in [1.54, 1.807) is 0 Å². The predicted octanol–water partition coefficient (Wildman–Crippen LogP) is 3.38. The number of nitrogens with one attached hydrogen (secondary N) is 3. The molecule has 0 aliphatic carbocycles. The number of hydrogen-bond donors (Lipinski definition) is 4. The zero-order valence-corrected chi connectivity index (χ0v) is 30.2. The first-order chi connectivity index (χ1) is 23.6. The highest BCUT2D eigenvalue weighted by Gasteiger charge is 2.44. The third-order valence-electron chi connectivity index (χ3n) is 8.86. The Bertz CT molecular complexity index is 1580. The van der Waals surface area contributed by atoms with Gasteiger partial charge >= 0.3 is 12.1 Å². The molecule has 0 radical (unpaired) electrons. The number of ether oxygens (including phenoxy) is 5. The van der Waals surface area contributed by atoms with Gasteiger partial charge in [-0.2, -0.15) is 4.31 Å². The van der Waals surface area contributed by atoms with Gasteiger partial charge in [-0.3, -0.25) is 0 Å². The Morgan fingerprint density at radius 1 is 1.04 bits per heavy atom. The first-order valence-corrected chi connectivity index (χ1v) is 18.4. The van der Waals surface area contributed by atoms with Crippen LogP contribution in [0.2, 0.25) is 0 Å². The normalized spacial score (nSPS) is 21.4. The third-order valence-corrected chi connectivity index (χ3v) is 10.7. The summed E-state index contributed by atoms with van der Waals surface area (Å²) in [5, 5.41) is 20.3. The maximum absolute atomic E-state index is 14.3. The van der Waals surface area contributed by atoms with Gasteiger partial charge in [0.2, 0.25) is 16.8 Å². The molecule has 4 N–H and O–H groups in total. The summed E-state index contributed by atoms with van der Waals surface area (Å²) in [6.45, 7) is 10.1. The minimum Gasteiger partial charge on any atom is -0.454 e. The Labute approximate surface area is 294 Å². The molecule has 276 valence electrons. The minimum absolute atomic E-state index is 0.00557. The zero-order valence-electron chi connectivity index (χ0n) is 29.3. The number of nitrogens with zero attached hydrogens (tertiary/aromatic N) is 1. The second-order valence-corrected chi connectivity index (χ2v) is 16.8. The topological polar surface area (TPSA) is 174 Å². The number of rotatable bonds is 14. The van der Waals surface area contributed by atoms with Crippen LogP contribution in [0.15, 0.2) is 53.4 Å². The summed E-state index contributed by atoms with van der Waals surface area (Å²) in [7, 11) is -4.22. The van der Waals surface area contributed by atoms with E-state index < -0.39 is 51.6 Å². The molecule has 0 bridgehead atoms. The first-order valence-electron chi connectivity index (χ1n) is 17.0. The number of alkyl carbamates (subject to hydrolysis) is 1. The molecule has 0 spiro atoms. The summed E-state index contributed by atoms with van der Waals surface area (Å²) < 4.78 is 57.6. The predicted molar refractivity (Wildman–Crippen MR) is 183 cm³/mol. The van der Waals surface area contributed by atoms with Crippen LogP contribution in [0.3, 0.4) is 0 Å². The SMILES string of the molecule is CC(C)(CCNC(=O)NC(C)(C)C)CN(C[C@@H](O)[C@H](Cc1ccccc1)NC(=O)O[C@H]1CO[C@H]2OCC[C@H]21)S(=O)(=O)c1ccc2c(c1)OCO2. The molecule has 0 saturated carbocycles. The van der Waals surface area contributed by atoms with Gasteiger partial charge in [-0.05, 0) is 63.1 Å². The number of carbonyl (C=O) groups is 2. The molecule has 3 amide bonds. The van der Waals surface area contributed by atoms with Crippen molar-refractivity contribution in [1.29, 1.82) is 0 Å². The van der Waals surface area contributed by atoms with Gasteiger partial charge in [0.25, 0.3) is 0 Å². The van der Waals surface area contributed by atoms with E-state index in [1.807, 2.05) is 65.0 Å². The molecule has 2 fully saturated rings. The number of hydrogen-bond acceptors (Lipinski definition) is 10. The first kappa shape index (κ1) is 37.6. The van der Waals surface area contributed by atoms with E-state index in [-0.39, 0.29) is 56.3 Å². The molecule has 0 unspecified atom stereocenters. The zero-order chi connectivity index (χ0) is 36.1. The third kappa shape index (κ3) is 10.00. The van der Waals surface area contributed by atoms with Crippen LogP contribution < -0.4 is 25.4 Å². The number of amides is 3. The van der Waals surface area contributed by atoms with E-state index in [9.17, 15) is 23.1 Å². The summed E-state index contributed by atoms with van der Waals surface area (Å²) in [6.07, 6.45) is -1.64. The van der Waals surface area contributed by atoms with E-state index in [1.165, 1.54) is 22.5 Å². The molecule has 50 heavy (non-hydrogen) atoms. The molecule has 3 aliphatic rings. The van der Waals surface area contributed by atoms with Crippen LogP contribution in [-0.2, 0) is 30.7 Å². The highest BCUT2D eigenvalue weighted by atomic mass is 32.2. The summed E-state index contributed by atoms with van der Waals surface area (Å²) >= 11 is 0. The molecule has 2 aromatic rings. The van der Waals surface area contributed by atoms with Crippen LogP contribution in [0.1, 0.15) is 53.0 Å². The second-order valence-electron chi connectivity index (χ2n) is 14.8. The van der Waals surface area contributed by atoms with E-state index >= 15 is 0 Å². The van der Waals surface area contributed by atoms with Gasteiger partial charge in [-0.25, -0.2) is 18.0 Å². The number of carbonyl (C=O) groups excluding carboxylic acids is 2. The quantitative estimate of drug-likeness (QED) is 0.227. The molecule has 5 rings (SSSR count). The van der Waals surface area contributed by atoms with Crippen molar-refractivity contribution >= 4 is 22.1 Å². The average molecular weight is 719 g/mol. The fraction of sp³-hybridized carbons (Fsp3) is 0.600. The highest BCUT2D eigenvalue weighted by Crippen LogP contribution is 2.36. The summed E-state index contributed by atoms with van der Waals surface area (Å²) in [5.74, 6) is 0.665. The number of sulfonamides is 1. The monoisotopic (exact) mass is 718 g/mol. The molecule has 2 saturated heterocycles. The molecule has 0 aromatic heterocycles. The molecule has 5 atom stereocenters. The van der Waals surface area contributed by atoms with Crippen molar-refractivity contribution in [1.82, 2.24) is 20.3 Å². The van der Waals surface area contributed by atoms with E-state index in [4.69, 9.17) is 23.7 Å². The van der Waals surface area contributed by atoms with Crippen LogP contribution in [0, 0.1) is 11.3 Å². The van der Waals surface area contributed by atoms with Gasteiger partial charge in [0.1, 0.15) is 6.10 Å². The molecule has 15 heteroatoms. The molecular weight excluding hydrogens is 668 g/mol. The molecule has 14 nitrogen and oxygen atoms in total. The summed E-state index contributed by atoms with van der Waals surface area (Å²) in [4.78, 5) is 25.6. The minimum atomic E-state index is -4.22. The Morgan fingerprint density at radius 3 is 2.52 bits per heavy atom. The Morgan fingerprint density at radius 2 is 1.78 bits per heavy atom. The number of fused-ring (bicyclic) bond motifs is 2. The maximum Gasteiger partial charge on any atom is 0.407 e. The van der Waals surface area contributed by atoms with Crippen molar-refractivity contribution in [2.75, 3.05) is 39.6 Å². The lowest BCUT2D eigenvalue weighted by atomic mass is 9.89. The van der Waals surface area contributed by atoms with Crippen LogP contribution >= 0.6 is 0 Å². The Kier molecular flexibility index (Phi) is 11.8. The maximum atomic E-state index is 14.3. The van der Waals surface area contributed by atoms with Crippen molar-refractivity contribution in [3.8, 4) is 11.5 Å². The van der Waals surface area contributed by atoms with Crippen molar-refractivity contribution in [2.45, 2.75) is 88.9 Å². The number of benzene rings is 2. The lowest BCUT2D eigenvalue weighted by molar-refractivity contribution is -0.0907. The number of aliphatic hydroxyl groups excluding tert-OH is 1. The average Bonchev–Trinajstić information content (AvgIpc) is 3.78. The lowest BCUT2D eigenvalue weighted by Gasteiger charge is -2.35. The lowest BCUT2D eigenvalue weighted by Crippen LogP contribution is -2.52. The summed E-state index contributed by atoms with van der Waals surface area (Å²) in [5.41, 5.74) is -0.238. The van der Waals surface area contributed by atoms with Crippen LogP contribution in [-0.4, -0.2) is 99.7 Å². The fourth-order valence-corrected chi connectivity index (χ4v) is 7.91. The molecule has 2 aromatic carbocycles.